The van der Waals surface area contributed by atoms with Crippen LogP contribution in [0.15, 0.2) is 24.3 Å². The summed E-state index contributed by atoms with van der Waals surface area (Å²) in [5.74, 6) is -0.0840. The average Bonchev–Trinajstić information content (AvgIpc) is 2.97. The van der Waals surface area contributed by atoms with Crippen LogP contribution in [0.25, 0.3) is 0 Å². The van der Waals surface area contributed by atoms with Gasteiger partial charge < -0.3 is 15.5 Å². The Balaban J connectivity index is 3.54. The van der Waals surface area contributed by atoms with Crippen LogP contribution in [0.2, 0.25) is 0 Å². The molecule has 2 atom stereocenters. The fraction of sp³-hybridized carbons (Fsp3) is 0.865. The van der Waals surface area contributed by atoms with Gasteiger partial charge in [-0.2, -0.15) is 0 Å². The maximum atomic E-state index is 12.1. The zero-order valence-corrected chi connectivity index (χ0v) is 27.6. The summed E-state index contributed by atoms with van der Waals surface area (Å²) in [6.07, 6.45) is 41.5. The normalized spacial score (nSPS) is 13.4. The van der Waals surface area contributed by atoms with Gasteiger partial charge in [0.15, 0.2) is 0 Å². The van der Waals surface area contributed by atoms with Crippen molar-refractivity contribution in [3.8, 4) is 0 Å². The molecule has 0 aromatic heterocycles. The number of amides is 1. The molecule has 4 nitrogen and oxygen atoms in total. The maximum Gasteiger partial charge on any atom is 0.220 e. The van der Waals surface area contributed by atoms with Crippen LogP contribution in [0.3, 0.4) is 0 Å². The number of rotatable bonds is 32. The molecule has 0 rings (SSSR count). The third-order valence-electron chi connectivity index (χ3n) is 8.19. The fourth-order valence-electron chi connectivity index (χ4n) is 5.37. The van der Waals surface area contributed by atoms with Gasteiger partial charge in [0.25, 0.3) is 0 Å². The van der Waals surface area contributed by atoms with Crippen molar-refractivity contribution < 1.29 is 15.0 Å². The Bertz CT molecular complexity index is 589. The van der Waals surface area contributed by atoms with Crippen LogP contribution in [-0.4, -0.2) is 34.9 Å². The highest BCUT2D eigenvalue weighted by Crippen LogP contribution is 2.14. The second-order valence-corrected chi connectivity index (χ2v) is 12.3. The first kappa shape index (κ1) is 39.9. The molecule has 0 heterocycles. The van der Waals surface area contributed by atoms with Crippen molar-refractivity contribution in [1.29, 1.82) is 0 Å². The second kappa shape index (κ2) is 33.4. The molecule has 41 heavy (non-hydrogen) atoms. The van der Waals surface area contributed by atoms with Crippen molar-refractivity contribution in [3.63, 3.8) is 0 Å². The molecule has 0 bridgehead atoms. The largest absolute Gasteiger partial charge is 0.394 e. The minimum atomic E-state index is -0.854. The highest BCUT2D eigenvalue weighted by atomic mass is 16.3. The van der Waals surface area contributed by atoms with Gasteiger partial charge in [0.1, 0.15) is 0 Å². The van der Waals surface area contributed by atoms with E-state index in [-0.39, 0.29) is 12.5 Å². The van der Waals surface area contributed by atoms with Crippen molar-refractivity contribution >= 4 is 5.91 Å². The molecule has 3 N–H and O–H groups in total. The quantitative estimate of drug-likeness (QED) is 0.0550. The lowest BCUT2D eigenvalue weighted by atomic mass is 10.0. The lowest BCUT2D eigenvalue weighted by Gasteiger charge is -2.19. The molecule has 0 aromatic rings. The monoisotopic (exact) mass is 578 g/mol. The van der Waals surface area contributed by atoms with E-state index >= 15 is 0 Å². The van der Waals surface area contributed by atoms with Crippen LogP contribution >= 0.6 is 0 Å². The van der Waals surface area contributed by atoms with E-state index in [1.54, 1.807) is 6.08 Å². The number of hydrogen-bond acceptors (Lipinski definition) is 3. The molecule has 4 heteroatoms. The summed E-state index contributed by atoms with van der Waals surface area (Å²) in [6.45, 7) is 4.23. The van der Waals surface area contributed by atoms with E-state index in [9.17, 15) is 15.0 Å². The molecule has 0 aliphatic carbocycles. The second-order valence-electron chi connectivity index (χ2n) is 12.3. The van der Waals surface area contributed by atoms with Crippen LogP contribution in [0, 0.1) is 0 Å². The Kier molecular flexibility index (Phi) is 32.5. The van der Waals surface area contributed by atoms with Crippen molar-refractivity contribution in [3.05, 3.63) is 24.3 Å². The lowest BCUT2D eigenvalue weighted by molar-refractivity contribution is -0.123. The highest BCUT2D eigenvalue weighted by molar-refractivity contribution is 5.76. The van der Waals surface area contributed by atoms with E-state index in [0.29, 0.717) is 6.42 Å². The molecule has 0 fully saturated rings. The summed E-state index contributed by atoms with van der Waals surface area (Å²) in [4.78, 5) is 12.1. The molecular formula is C37H71NO3. The summed E-state index contributed by atoms with van der Waals surface area (Å²) < 4.78 is 0. The summed E-state index contributed by atoms with van der Waals surface area (Å²) in [6, 6.07) is -0.630. The smallest absolute Gasteiger partial charge is 0.220 e. The summed E-state index contributed by atoms with van der Waals surface area (Å²) in [5.41, 5.74) is 0. The van der Waals surface area contributed by atoms with Gasteiger partial charge in [-0.3, -0.25) is 4.79 Å². The van der Waals surface area contributed by atoms with Gasteiger partial charge in [-0.05, 0) is 32.1 Å². The number of carbonyl (C=O) groups excluding carboxylic acids is 1. The predicted molar refractivity (Wildman–Crippen MR) is 179 cm³/mol. The Morgan fingerprint density at radius 1 is 0.561 bits per heavy atom. The molecule has 0 aromatic carbocycles. The molecule has 0 saturated carbocycles. The number of hydrogen-bond donors (Lipinski definition) is 3. The van der Waals surface area contributed by atoms with Gasteiger partial charge in [0, 0.05) is 6.42 Å². The van der Waals surface area contributed by atoms with Crippen LogP contribution in [-0.2, 0) is 4.79 Å². The van der Waals surface area contributed by atoms with Crippen molar-refractivity contribution in [1.82, 2.24) is 5.32 Å². The van der Waals surface area contributed by atoms with E-state index in [2.05, 4.69) is 31.3 Å². The number of allylic oxidation sites excluding steroid dienone is 3. The first-order chi connectivity index (χ1) is 20.2. The topological polar surface area (TPSA) is 69.6 Å². The van der Waals surface area contributed by atoms with Crippen LogP contribution in [0.5, 0.6) is 0 Å². The first-order valence-electron chi connectivity index (χ1n) is 18.1. The number of aliphatic hydroxyl groups excluding tert-OH is 2. The summed E-state index contributed by atoms with van der Waals surface area (Å²) in [7, 11) is 0. The van der Waals surface area contributed by atoms with E-state index < -0.39 is 12.1 Å². The zero-order chi connectivity index (χ0) is 30.1. The van der Waals surface area contributed by atoms with Crippen LogP contribution in [0.4, 0.5) is 0 Å². The van der Waals surface area contributed by atoms with E-state index in [0.717, 1.165) is 32.1 Å². The van der Waals surface area contributed by atoms with Crippen LogP contribution < -0.4 is 5.32 Å². The Morgan fingerprint density at radius 3 is 1.41 bits per heavy atom. The van der Waals surface area contributed by atoms with Crippen LogP contribution in [0.1, 0.15) is 187 Å². The van der Waals surface area contributed by atoms with Gasteiger partial charge in [-0.1, -0.05) is 173 Å². The summed E-state index contributed by atoms with van der Waals surface area (Å²) >= 11 is 0. The molecule has 0 spiro atoms. The Labute approximate surface area is 256 Å². The highest BCUT2D eigenvalue weighted by Gasteiger charge is 2.17. The van der Waals surface area contributed by atoms with Gasteiger partial charge in [-0.15, -0.1) is 0 Å². The number of aliphatic hydroxyl groups is 2. The van der Waals surface area contributed by atoms with Gasteiger partial charge in [0.2, 0.25) is 5.91 Å². The van der Waals surface area contributed by atoms with E-state index in [1.807, 2.05) is 6.08 Å². The van der Waals surface area contributed by atoms with Crippen molar-refractivity contribution in [2.24, 2.45) is 0 Å². The molecule has 242 valence electrons. The number of carbonyl (C=O) groups is 1. The lowest BCUT2D eigenvalue weighted by Crippen LogP contribution is -2.45. The molecule has 0 saturated heterocycles. The minimum absolute atomic E-state index is 0.0840. The Hall–Kier alpha value is -1.13. The Morgan fingerprint density at radius 2 is 0.951 bits per heavy atom. The SMILES string of the molecule is CCCCCCCCCCCCCCCCCCC/C=C/CC/C=C/C(O)C(CO)NC(=O)CCCCCCCC. The van der Waals surface area contributed by atoms with Gasteiger partial charge >= 0.3 is 0 Å². The third-order valence-corrected chi connectivity index (χ3v) is 8.19. The summed E-state index contributed by atoms with van der Waals surface area (Å²) in [5, 5.41) is 22.7. The first-order valence-corrected chi connectivity index (χ1v) is 18.1. The minimum Gasteiger partial charge on any atom is -0.394 e. The zero-order valence-electron chi connectivity index (χ0n) is 27.6. The molecular weight excluding hydrogens is 506 g/mol. The predicted octanol–water partition coefficient (Wildman–Crippen LogP) is 10.5. The molecule has 0 aliphatic rings. The van der Waals surface area contributed by atoms with E-state index in [4.69, 9.17) is 0 Å². The molecule has 0 radical (unpaired) electrons. The van der Waals surface area contributed by atoms with Gasteiger partial charge in [0.05, 0.1) is 18.8 Å². The van der Waals surface area contributed by atoms with Crippen molar-refractivity contribution in [2.45, 2.75) is 199 Å². The maximum absolute atomic E-state index is 12.1. The molecule has 1 amide bonds. The van der Waals surface area contributed by atoms with Gasteiger partial charge in [-0.25, -0.2) is 0 Å². The average molecular weight is 578 g/mol. The third kappa shape index (κ3) is 30.1. The molecule has 0 aliphatic heterocycles. The number of nitrogens with one attached hydrogen (secondary N) is 1. The molecule has 2 unspecified atom stereocenters. The fourth-order valence-corrected chi connectivity index (χ4v) is 5.37. The van der Waals surface area contributed by atoms with Crippen molar-refractivity contribution in [2.75, 3.05) is 6.61 Å². The number of unbranched alkanes of at least 4 members (excludes halogenated alkanes) is 23. The van der Waals surface area contributed by atoms with E-state index in [1.165, 1.54) is 135 Å². The standard InChI is InChI=1S/C37H71NO3/c1-3-5-7-9-11-12-13-14-15-16-17-18-19-20-21-22-23-24-25-26-27-28-30-32-36(40)35(34-39)38-37(41)33-31-29-10-8-6-4-2/h25-26,30,32,35-36,39-40H,3-24,27-29,31,33-34H2,1-2H3,(H,38,41)/b26-25+,32-30+.